The molecule has 2 heteroatoms. The summed E-state index contributed by atoms with van der Waals surface area (Å²) in [5.74, 6) is 0.701. The summed E-state index contributed by atoms with van der Waals surface area (Å²) in [6, 6.07) is 87.1. The number of aromatic nitrogens is 2. The van der Waals surface area contributed by atoms with Crippen LogP contribution >= 0.6 is 0 Å². The van der Waals surface area contributed by atoms with Crippen LogP contribution < -0.4 is 0 Å². The Hall–Kier alpha value is -7.94. The lowest BCUT2D eigenvalue weighted by Crippen LogP contribution is -2.28. The Kier molecular flexibility index (Phi) is 9.09. The highest BCUT2D eigenvalue weighted by molar-refractivity contribution is 5.89. The van der Waals surface area contributed by atoms with Crippen molar-refractivity contribution in [1.82, 2.24) is 9.97 Å². The van der Waals surface area contributed by atoms with Gasteiger partial charge < -0.3 is 0 Å². The molecule has 0 amide bonds. The van der Waals surface area contributed by atoms with Crippen LogP contribution in [0.5, 0.6) is 0 Å². The highest BCUT2D eigenvalue weighted by atomic mass is 14.9. The molecule has 1 heterocycles. The van der Waals surface area contributed by atoms with Crippen molar-refractivity contribution < 1.29 is 0 Å². The average molecular weight is 777 g/mol. The van der Waals surface area contributed by atoms with Crippen molar-refractivity contribution >= 4 is 0 Å². The molecule has 61 heavy (non-hydrogen) atoms. The van der Waals surface area contributed by atoms with Crippen LogP contribution in [-0.4, -0.2) is 9.97 Å². The number of nitrogens with zero attached hydrogens (tertiary/aromatic N) is 2. The molecular formula is C59H40N2. The first-order valence-electron chi connectivity index (χ1n) is 20.9. The molecule has 0 atom stereocenters. The summed E-state index contributed by atoms with van der Waals surface area (Å²) in [4.78, 5) is 10.3. The Morgan fingerprint density at radius 1 is 0.246 bits per heavy atom. The van der Waals surface area contributed by atoms with Crippen LogP contribution in [0.15, 0.2) is 243 Å². The van der Waals surface area contributed by atoms with E-state index in [4.69, 9.17) is 9.97 Å². The van der Waals surface area contributed by atoms with Crippen molar-refractivity contribution in [2.75, 3.05) is 0 Å². The first kappa shape index (κ1) is 36.2. The molecule has 0 saturated carbocycles. The van der Waals surface area contributed by atoms with Gasteiger partial charge in [-0.3, -0.25) is 0 Å². The van der Waals surface area contributed by atoms with Crippen molar-refractivity contribution in [2.24, 2.45) is 0 Å². The minimum atomic E-state index is -0.441. The molecule has 0 fully saturated rings. The highest BCUT2D eigenvalue weighted by Crippen LogP contribution is 2.56. The van der Waals surface area contributed by atoms with Crippen LogP contribution in [0.1, 0.15) is 22.3 Å². The van der Waals surface area contributed by atoms with Gasteiger partial charge in [0.25, 0.3) is 0 Å². The molecule has 2 nitrogen and oxygen atoms in total. The predicted octanol–water partition coefficient (Wildman–Crippen LogP) is 14.8. The fourth-order valence-electron chi connectivity index (χ4n) is 9.29. The quantitative estimate of drug-likeness (QED) is 0.154. The molecular weight excluding hydrogens is 737 g/mol. The van der Waals surface area contributed by atoms with Crippen molar-refractivity contribution in [3.63, 3.8) is 0 Å². The summed E-state index contributed by atoms with van der Waals surface area (Å²) in [6.07, 6.45) is 0. The maximum absolute atomic E-state index is 5.18. The molecule has 0 unspecified atom stereocenters. The highest BCUT2D eigenvalue weighted by Gasteiger charge is 2.46. The Morgan fingerprint density at radius 2 is 0.639 bits per heavy atom. The van der Waals surface area contributed by atoms with Gasteiger partial charge >= 0.3 is 0 Å². The number of fused-ring (bicyclic) bond motifs is 3. The molecule has 1 aromatic heterocycles. The molecule has 0 N–H and O–H groups in total. The molecule has 0 radical (unpaired) electrons. The van der Waals surface area contributed by atoms with Crippen LogP contribution in [0, 0.1) is 0 Å². The number of benzene rings is 9. The van der Waals surface area contributed by atoms with E-state index in [0.717, 1.165) is 50.3 Å². The van der Waals surface area contributed by atoms with Crippen LogP contribution in [-0.2, 0) is 5.41 Å². The number of rotatable bonds is 8. The maximum atomic E-state index is 5.18. The summed E-state index contributed by atoms with van der Waals surface area (Å²) in [6.45, 7) is 0. The van der Waals surface area contributed by atoms with Crippen LogP contribution in [0.3, 0.4) is 0 Å². The van der Waals surface area contributed by atoms with E-state index >= 15 is 0 Å². The summed E-state index contributed by atoms with van der Waals surface area (Å²) in [5, 5.41) is 0. The second-order valence-corrected chi connectivity index (χ2v) is 15.7. The van der Waals surface area contributed by atoms with Crippen LogP contribution in [0.25, 0.3) is 78.4 Å². The van der Waals surface area contributed by atoms with E-state index in [0.29, 0.717) is 5.82 Å². The van der Waals surface area contributed by atoms with Crippen molar-refractivity contribution in [2.45, 2.75) is 5.41 Å². The van der Waals surface area contributed by atoms with Crippen molar-refractivity contribution in [1.29, 1.82) is 0 Å². The number of hydrogen-bond donors (Lipinski definition) is 0. The van der Waals surface area contributed by atoms with Gasteiger partial charge in [0.2, 0.25) is 0 Å². The van der Waals surface area contributed by atoms with Crippen LogP contribution in [0.4, 0.5) is 0 Å². The molecule has 0 spiro atoms. The first-order valence-corrected chi connectivity index (χ1v) is 20.9. The minimum absolute atomic E-state index is 0.441. The van der Waals surface area contributed by atoms with Gasteiger partial charge in [0, 0.05) is 16.7 Å². The summed E-state index contributed by atoms with van der Waals surface area (Å²) in [7, 11) is 0. The van der Waals surface area contributed by atoms with E-state index in [2.05, 4.69) is 231 Å². The van der Waals surface area contributed by atoms with E-state index < -0.39 is 5.41 Å². The van der Waals surface area contributed by atoms with E-state index in [1.807, 2.05) is 12.1 Å². The third-order valence-corrected chi connectivity index (χ3v) is 12.2. The van der Waals surface area contributed by atoms with E-state index in [1.54, 1.807) is 0 Å². The van der Waals surface area contributed by atoms with E-state index in [1.165, 1.54) is 44.5 Å². The maximum Gasteiger partial charge on any atom is 0.160 e. The zero-order valence-corrected chi connectivity index (χ0v) is 33.5. The normalized spacial score (nSPS) is 12.4. The molecule has 0 bridgehead atoms. The molecule has 9 aromatic carbocycles. The lowest BCUT2D eigenvalue weighted by atomic mass is 9.67. The van der Waals surface area contributed by atoms with Crippen molar-refractivity contribution in [3.05, 3.63) is 265 Å². The zero-order valence-electron chi connectivity index (χ0n) is 33.5. The van der Waals surface area contributed by atoms with Gasteiger partial charge in [0.05, 0.1) is 16.8 Å². The van der Waals surface area contributed by atoms with E-state index in [9.17, 15) is 0 Å². The molecule has 0 aliphatic heterocycles. The molecule has 0 saturated heterocycles. The summed E-state index contributed by atoms with van der Waals surface area (Å²) >= 11 is 0. The Balaban J connectivity index is 0.967. The van der Waals surface area contributed by atoms with Crippen molar-refractivity contribution in [3.8, 4) is 78.4 Å². The third-order valence-electron chi connectivity index (χ3n) is 12.2. The van der Waals surface area contributed by atoms with Gasteiger partial charge in [-0.1, -0.05) is 218 Å². The zero-order chi connectivity index (χ0) is 40.6. The van der Waals surface area contributed by atoms with Gasteiger partial charge in [-0.2, -0.15) is 0 Å². The largest absolute Gasteiger partial charge is 0.228 e. The van der Waals surface area contributed by atoms with Gasteiger partial charge in [-0.25, -0.2) is 9.97 Å². The van der Waals surface area contributed by atoms with Gasteiger partial charge in [-0.15, -0.1) is 0 Å². The Labute approximate surface area is 357 Å². The minimum Gasteiger partial charge on any atom is -0.228 e. The smallest absolute Gasteiger partial charge is 0.160 e. The molecule has 286 valence electrons. The average Bonchev–Trinajstić information content (AvgIpc) is 3.65. The Morgan fingerprint density at radius 3 is 1.26 bits per heavy atom. The Bertz CT molecular complexity index is 3120. The summed E-state index contributed by atoms with van der Waals surface area (Å²) < 4.78 is 0. The SMILES string of the molecule is c1ccc(-c2cccc(-c3nc(-c4ccccc4)cc(-c4ccc(-c5cccc(-c6ccc7c(c6)C(c6ccccc6)(c6ccccc6)c6ccccc6-7)c5)cc4)n3)c2)cc1. The second kappa shape index (κ2) is 15.3. The fraction of sp³-hybridized carbons (Fsp3) is 0.0169. The van der Waals surface area contributed by atoms with Crippen LogP contribution in [0.2, 0.25) is 0 Å². The standard InChI is InChI=1S/C59H40N2/c1-5-17-41(18-6-1)46-22-16-24-49(38-46)58-60-56(43-19-7-2-8-20-43)40-57(61-58)44-33-31-42(32-34-44)45-21-15-23-47(37-45)48-35-36-53-52-29-13-14-30-54(52)59(55(53)39-48,50-25-9-3-10-26-50)51-27-11-4-12-28-51/h1-40H. The lowest BCUT2D eigenvalue weighted by molar-refractivity contribution is 0.769. The monoisotopic (exact) mass is 776 g/mol. The van der Waals surface area contributed by atoms with Gasteiger partial charge in [0.15, 0.2) is 5.82 Å². The molecule has 11 rings (SSSR count). The number of hydrogen-bond acceptors (Lipinski definition) is 2. The first-order chi connectivity index (χ1) is 30.2. The third kappa shape index (κ3) is 6.46. The van der Waals surface area contributed by atoms with Gasteiger partial charge in [-0.05, 0) is 91.0 Å². The van der Waals surface area contributed by atoms with E-state index in [-0.39, 0.29) is 0 Å². The predicted molar refractivity (Wildman–Crippen MR) is 252 cm³/mol. The molecule has 1 aliphatic carbocycles. The molecule has 1 aliphatic rings. The molecule has 10 aromatic rings. The summed E-state index contributed by atoms with van der Waals surface area (Å²) in [5.41, 5.74) is 19.1. The van der Waals surface area contributed by atoms with Gasteiger partial charge in [0.1, 0.15) is 0 Å². The second-order valence-electron chi connectivity index (χ2n) is 15.7. The topological polar surface area (TPSA) is 25.8 Å². The fourth-order valence-corrected chi connectivity index (χ4v) is 9.29. The lowest BCUT2D eigenvalue weighted by Gasteiger charge is -2.34.